The molecule has 4 atom stereocenters. The molecule has 0 aliphatic carbocycles. The van der Waals surface area contributed by atoms with Gasteiger partial charge in [0.15, 0.2) is 0 Å². The van der Waals surface area contributed by atoms with Gasteiger partial charge in [0.25, 0.3) is 11.8 Å². The van der Waals surface area contributed by atoms with Crippen LogP contribution >= 0.6 is 0 Å². The van der Waals surface area contributed by atoms with Crippen molar-refractivity contribution >= 4 is 47.5 Å². The van der Waals surface area contributed by atoms with Gasteiger partial charge in [0.2, 0.25) is 17.6 Å². The molecule has 0 aromatic rings. The number of hydrogen-bond donors (Lipinski definition) is 4. The lowest BCUT2D eigenvalue weighted by atomic mass is 9.99. The van der Waals surface area contributed by atoms with Gasteiger partial charge in [-0.2, -0.15) is 0 Å². The van der Waals surface area contributed by atoms with Crippen LogP contribution in [0.25, 0.3) is 0 Å². The normalized spacial score (nSPS) is 16.2. The largest absolute Gasteiger partial charge is 0.465 e. The molecule has 0 spiro atoms. The quantitative estimate of drug-likeness (QED) is 0.0860. The summed E-state index contributed by atoms with van der Waals surface area (Å²) in [4.78, 5) is 106. The van der Waals surface area contributed by atoms with Crippen LogP contribution in [0, 0.1) is 17.8 Å². The lowest BCUT2D eigenvalue weighted by Crippen LogP contribution is -2.60. The molecule has 7 amide bonds. The highest BCUT2D eigenvalue weighted by molar-refractivity contribution is 6.38. The summed E-state index contributed by atoms with van der Waals surface area (Å²) in [6, 6.07) is -6.27. The third-order valence-corrected chi connectivity index (χ3v) is 7.19. The van der Waals surface area contributed by atoms with Gasteiger partial charge in [-0.05, 0) is 31.1 Å². The van der Waals surface area contributed by atoms with Gasteiger partial charge in [-0.15, -0.1) is 6.58 Å². The maximum Gasteiger partial charge on any atom is 0.407 e. The molecule has 4 unspecified atom stereocenters. The third-order valence-electron chi connectivity index (χ3n) is 7.19. The van der Waals surface area contributed by atoms with Crippen molar-refractivity contribution in [2.24, 2.45) is 17.8 Å². The van der Waals surface area contributed by atoms with Crippen molar-refractivity contribution in [1.82, 2.24) is 31.1 Å². The van der Waals surface area contributed by atoms with E-state index >= 15 is 0 Å². The minimum absolute atomic E-state index is 0.0220. The zero-order valence-corrected chi connectivity index (χ0v) is 29.3. The van der Waals surface area contributed by atoms with E-state index in [1.807, 2.05) is 13.8 Å². The molecule has 0 radical (unpaired) electrons. The molecule has 0 aromatic heterocycles. The van der Waals surface area contributed by atoms with Crippen molar-refractivity contribution in [3.05, 3.63) is 12.7 Å². The van der Waals surface area contributed by atoms with Gasteiger partial charge < -0.3 is 35.6 Å². The van der Waals surface area contributed by atoms with Gasteiger partial charge in [0.05, 0.1) is 25.8 Å². The van der Waals surface area contributed by atoms with Crippen LogP contribution in [-0.2, 0) is 38.2 Å². The Labute approximate surface area is 282 Å². The summed E-state index contributed by atoms with van der Waals surface area (Å²) in [5.41, 5.74) is 0. The van der Waals surface area contributed by atoms with Gasteiger partial charge in [0, 0.05) is 6.54 Å². The van der Waals surface area contributed by atoms with Gasteiger partial charge in [-0.25, -0.2) is 14.5 Å². The number of nitrogens with one attached hydrogen (secondary N) is 4. The summed E-state index contributed by atoms with van der Waals surface area (Å²) in [6.07, 6.45) is 1.05. The minimum Gasteiger partial charge on any atom is -0.465 e. The number of alkyl carbamates (subject to hydrolysis) is 1. The number of Topliss-reactive ketones (excluding diaryl/α,β-unsaturated/α-hetero) is 1. The highest BCUT2D eigenvalue weighted by Gasteiger charge is 2.49. The van der Waals surface area contributed by atoms with Crippen molar-refractivity contribution in [2.75, 3.05) is 32.8 Å². The van der Waals surface area contributed by atoms with E-state index in [4.69, 9.17) is 9.47 Å². The number of ketones is 1. The van der Waals surface area contributed by atoms with Crippen molar-refractivity contribution in [1.29, 1.82) is 0 Å². The van der Waals surface area contributed by atoms with E-state index in [-0.39, 0.29) is 32.1 Å². The second kappa shape index (κ2) is 20.0. The van der Waals surface area contributed by atoms with E-state index in [0.29, 0.717) is 11.3 Å². The molecule has 1 aliphatic rings. The first kappa shape index (κ1) is 41.5. The molecule has 1 heterocycles. The zero-order chi connectivity index (χ0) is 36.7. The fourth-order valence-electron chi connectivity index (χ4n) is 4.68. The Kier molecular flexibility index (Phi) is 17.3. The number of carbonyl (C=O) groups excluding carboxylic acids is 8. The summed E-state index contributed by atoms with van der Waals surface area (Å²) in [6.45, 7) is 16.3. The fraction of sp³-hybridized carbons (Fsp3) is 0.688. The lowest BCUT2D eigenvalue weighted by Gasteiger charge is -2.31. The molecule has 1 saturated heterocycles. The molecule has 48 heavy (non-hydrogen) atoms. The van der Waals surface area contributed by atoms with Crippen LogP contribution in [0.2, 0.25) is 0 Å². The molecule has 1 rings (SSSR count). The van der Waals surface area contributed by atoms with Crippen molar-refractivity contribution in [2.45, 2.75) is 92.4 Å². The Morgan fingerprint density at radius 3 is 2.06 bits per heavy atom. The monoisotopic (exact) mass is 680 g/mol. The van der Waals surface area contributed by atoms with Crippen molar-refractivity contribution < 1.29 is 47.8 Å². The maximum atomic E-state index is 14.1. The molecule has 270 valence electrons. The van der Waals surface area contributed by atoms with E-state index in [1.165, 1.54) is 6.08 Å². The first-order valence-electron chi connectivity index (χ1n) is 16.2. The number of imide groups is 1. The van der Waals surface area contributed by atoms with Crippen LogP contribution in [0.4, 0.5) is 9.59 Å². The summed E-state index contributed by atoms with van der Waals surface area (Å²) in [7, 11) is 0. The Morgan fingerprint density at radius 1 is 0.917 bits per heavy atom. The molecule has 16 heteroatoms. The summed E-state index contributed by atoms with van der Waals surface area (Å²) >= 11 is 0. The van der Waals surface area contributed by atoms with Crippen LogP contribution < -0.4 is 21.3 Å². The van der Waals surface area contributed by atoms with E-state index in [9.17, 15) is 38.4 Å². The molecule has 0 saturated carbocycles. The van der Waals surface area contributed by atoms with Gasteiger partial charge >= 0.3 is 18.1 Å². The molecular formula is C32H52N6O10. The second-order valence-corrected chi connectivity index (χ2v) is 12.5. The molecule has 16 nitrogen and oxygen atoms in total. The van der Waals surface area contributed by atoms with Crippen LogP contribution in [0.5, 0.6) is 0 Å². The number of hydrogen-bond acceptors (Lipinski definition) is 10. The summed E-state index contributed by atoms with van der Waals surface area (Å²) in [5, 5.41) is 9.97. The van der Waals surface area contributed by atoms with Crippen molar-refractivity contribution in [3.63, 3.8) is 0 Å². The predicted molar refractivity (Wildman–Crippen MR) is 174 cm³/mol. The number of urea groups is 1. The second-order valence-electron chi connectivity index (χ2n) is 12.5. The molecule has 0 aromatic carbocycles. The topological polar surface area (TPSA) is 210 Å². The van der Waals surface area contributed by atoms with Crippen LogP contribution in [0.1, 0.15) is 68.2 Å². The number of ether oxygens (including phenoxy) is 2. The molecule has 1 fully saturated rings. The number of rotatable bonds is 19. The zero-order valence-electron chi connectivity index (χ0n) is 29.3. The third kappa shape index (κ3) is 12.3. The number of nitrogens with zero attached hydrogens (tertiary/aromatic N) is 2. The summed E-state index contributed by atoms with van der Waals surface area (Å²) < 4.78 is 10.1. The smallest absolute Gasteiger partial charge is 0.407 e. The Morgan fingerprint density at radius 2 is 1.54 bits per heavy atom. The maximum absolute atomic E-state index is 14.1. The van der Waals surface area contributed by atoms with Gasteiger partial charge in [0.1, 0.15) is 24.7 Å². The summed E-state index contributed by atoms with van der Waals surface area (Å²) in [5.74, 6) is -6.24. The first-order valence-corrected chi connectivity index (χ1v) is 16.2. The fourth-order valence-corrected chi connectivity index (χ4v) is 4.68. The van der Waals surface area contributed by atoms with E-state index in [2.05, 4.69) is 27.8 Å². The van der Waals surface area contributed by atoms with Gasteiger partial charge in [-0.1, -0.05) is 61.0 Å². The highest BCUT2D eigenvalue weighted by Crippen LogP contribution is 2.21. The SMILES string of the molecule is C=CCNC(=O)C(=O)C(CCC)NC(=O)C1CN(CC(=O)OCC)C(=O)N1C(=O)C(NC(=O)C(NC(=O)OCC(C)C)C(C)C)C(C)C. The number of amides is 7. The number of esters is 1. The Hall–Kier alpha value is -4.50. The van der Waals surface area contributed by atoms with E-state index in [0.717, 1.165) is 4.90 Å². The average molecular weight is 681 g/mol. The van der Waals surface area contributed by atoms with Crippen LogP contribution in [0.3, 0.4) is 0 Å². The minimum atomic E-state index is -1.54. The predicted octanol–water partition coefficient (Wildman–Crippen LogP) is 0.886. The molecular weight excluding hydrogens is 628 g/mol. The highest BCUT2D eigenvalue weighted by atomic mass is 16.5. The van der Waals surface area contributed by atoms with Crippen molar-refractivity contribution in [3.8, 4) is 0 Å². The average Bonchev–Trinajstić information content (AvgIpc) is 3.34. The molecule has 0 bridgehead atoms. The standard InChI is InChI=1S/C32H52N6O10/c1-10-13-21(26(40)29(43)33-14-11-2)34-27(41)22-15-37(16-23(39)47-12-3)32(46)38(22)30(44)25(20(8)9)35-28(42)24(19(6)7)36-31(45)48-17-18(4)5/h11,18-22,24-25H,2,10,12-17H2,1,3-9H3,(H,33,43)(H,34,41)(H,35,42)(H,36,45). The lowest BCUT2D eigenvalue weighted by molar-refractivity contribution is -0.143. The van der Waals surface area contributed by atoms with E-state index in [1.54, 1.807) is 41.5 Å². The van der Waals surface area contributed by atoms with Crippen LogP contribution in [-0.4, -0.2) is 114 Å². The Bertz CT molecular complexity index is 1200. The van der Waals surface area contributed by atoms with Crippen LogP contribution in [0.15, 0.2) is 12.7 Å². The van der Waals surface area contributed by atoms with E-state index < -0.39 is 96.6 Å². The number of carbonyl (C=O) groups is 8. The molecule has 4 N–H and O–H groups in total. The van der Waals surface area contributed by atoms with Gasteiger partial charge in [-0.3, -0.25) is 28.8 Å². The first-order chi connectivity index (χ1) is 22.5. The molecule has 1 aliphatic heterocycles. The Balaban J connectivity index is 3.41.